The molecule has 1 aromatic carbocycles. The van der Waals surface area contributed by atoms with Crippen molar-refractivity contribution in [2.75, 3.05) is 0 Å². The summed E-state index contributed by atoms with van der Waals surface area (Å²) in [7, 11) is 0. The summed E-state index contributed by atoms with van der Waals surface area (Å²) in [5, 5.41) is 0. The average molecular weight is 223 g/mol. The summed E-state index contributed by atoms with van der Waals surface area (Å²) < 4.78 is 2.14. The van der Waals surface area contributed by atoms with Gasteiger partial charge in [-0.1, -0.05) is 19.9 Å². The maximum atomic E-state index is 5.14. The van der Waals surface area contributed by atoms with Crippen LogP contribution in [0.4, 0.5) is 0 Å². The minimum atomic E-state index is 0.578. The molecule has 0 unspecified atom stereocenters. The lowest BCUT2D eigenvalue weighted by Gasteiger charge is -2.06. The molecule has 0 bridgehead atoms. The minimum Gasteiger partial charge on any atom is -0.337 e. The molecule has 0 atom stereocenters. The molecule has 74 valence electrons. The van der Waals surface area contributed by atoms with Crippen molar-refractivity contribution in [1.29, 1.82) is 0 Å². The predicted octanol–water partition coefficient (Wildman–Crippen LogP) is 4.39. The van der Waals surface area contributed by atoms with Gasteiger partial charge in [-0.05, 0) is 42.3 Å². The molecule has 0 saturated heterocycles. The molecule has 0 spiro atoms. The van der Waals surface area contributed by atoms with E-state index in [1.807, 2.05) is 0 Å². The van der Waals surface area contributed by atoms with Gasteiger partial charge in [-0.25, -0.2) is 0 Å². The molecule has 2 aromatic rings. The van der Waals surface area contributed by atoms with E-state index in [4.69, 9.17) is 12.2 Å². The summed E-state index contributed by atoms with van der Waals surface area (Å²) in [5.41, 5.74) is 3.88. The molecule has 0 aliphatic carbocycles. The van der Waals surface area contributed by atoms with Gasteiger partial charge in [0, 0.05) is 0 Å². The minimum absolute atomic E-state index is 0.578. The molecule has 0 fully saturated rings. The Morgan fingerprint density at radius 2 is 2.07 bits per heavy atom. The van der Waals surface area contributed by atoms with Crippen LogP contribution < -0.4 is 0 Å². The van der Waals surface area contributed by atoms with Crippen LogP contribution in [-0.4, -0.2) is 4.98 Å². The predicted molar refractivity (Wildman–Crippen MR) is 65.8 cm³/mol. The maximum absolute atomic E-state index is 5.14. The van der Waals surface area contributed by atoms with Crippen LogP contribution in [0.3, 0.4) is 0 Å². The molecule has 1 nitrogen and oxygen atoms in total. The van der Waals surface area contributed by atoms with Crippen LogP contribution >= 0.6 is 23.6 Å². The largest absolute Gasteiger partial charge is 0.337 e. The number of H-pyrrole nitrogens is 1. The van der Waals surface area contributed by atoms with Gasteiger partial charge in [0.1, 0.15) is 0 Å². The van der Waals surface area contributed by atoms with Crippen LogP contribution in [-0.2, 0) is 0 Å². The van der Waals surface area contributed by atoms with Crippen molar-refractivity contribution in [2.24, 2.45) is 0 Å². The van der Waals surface area contributed by atoms with Crippen molar-refractivity contribution >= 4 is 33.8 Å². The number of rotatable bonds is 1. The second-order valence-corrected chi connectivity index (χ2v) is 5.60. The van der Waals surface area contributed by atoms with Gasteiger partial charge in [0.15, 0.2) is 3.95 Å². The maximum Gasteiger partial charge on any atom is 0.159 e. The van der Waals surface area contributed by atoms with Crippen molar-refractivity contribution in [3.63, 3.8) is 0 Å². The molecule has 0 radical (unpaired) electrons. The Kier molecular flexibility index (Phi) is 2.45. The summed E-state index contributed by atoms with van der Waals surface area (Å²) in [6.45, 7) is 6.56. The first-order valence-corrected chi connectivity index (χ1v) is 5.94. The van der Waals surface area contributed by atoms with Gasteiger partial charge >= 0.3 is 0 Å². The van der Waals surface area contributed by atoms with Crippen molar-refractivity contribution in [1.82, 2.24) is 4.98 Å². The van der Waals surface area contributed by atoms with Gasteiger partial charge in [-0.15, -0.1) is 11.3 Å². The Morgan fingerprint density at radius 3 is 2.71 bits per heavy atom. The van der Waals surface area contributed by atoms with Crippen molar-refractivity contribution < 1.29 is 0 Å². The Morgan fingerprint density at radius 1 is 1.36 bits per heavy atom. The third kappa shape index (κ3) is 1.62. The third-order valence-electron chi connectivity index (χ3n) is 2.42. The molecule has 3 heteroatoms. The number of aromatic nitrogens is 1. The molecule has 2 rings (SSSR count). The van der Waals surface area contributed by atoms with E-state index in [0.29, 0.717) is 5.92 Å². The summed E-state index contributed by atoms with van der Waals surface area (Å²) in [4.78, 5) is 3.23. The van der Waals surface area contributed by atoms with E-state index < -0.39 is 0 Å². The smallest absolute Gasteiger partial charge is 0.159 e. The van der Waals surface area contributed by atoms with Crippen LogP contribution in [0.5, 0.6) is 0 Å². The molecule has 1 N–H and O–H groups in total. The lowest BCUT2D eigenvalue weighted by atomic mass is 10.0. The zero-order valence-corrected chi connectivity index (χ0v) is 10.2. The molecular formula is C11H13NS2. The van der Waals surface area contributed by atoms with Crippen LogP contribution in [0.2, 0.25) is 0 Å². The highest BCUT2D eigenvalue weighted by molar-refractivity contribution is 7.73. The monoisotopic (exact) mass is 223 g/mol. The van der Waals surface area contributed by atoms with E-state index in [0.717, 1.165) is 3.95 Å². The molecule has 0 amide bonds. The molecule has 0 aliphatic heterocycles. The van der Waals surface area contributed by atoms with E-state index in [1.165, 1.54) is 21.3 Å². The lowest BCUT2D eigenvalue weighted by Crippen LogP contribution is -1.88. The van der Waals surface area contributed by atoms with Gasteiger partial charge < -0.3 is 4.98 Å². The van der Waals surface area contributed by atoms with Gasteiger partial charge in [0.05, 0.1) is 10.2 Å². The van der Waals surface area contributed by atoms with Crippen molar-refractivity contribution in [3.05, 3.63) is 27.2 Å². The van der Waals surface area contributed by atoms with E-state index in [2.05, 4.69) is 37.9 Å². The average Bonchev–Trinajstić information content (AvgIpc) is 2.45. The standard InChI is InChI=1S/C11H13NS2/c1-6(2)8-4-7(3)10-9(5-8)14-11(13)12-10/h4-6H,1-3H3,(H,12,13). The zero-order chi connectivity index (χ0) is 10.3. The van der Waals surface area contributed by atoms with E-state index in [1.54, 1.807) is 11.3 Å². The number of benzene rings is 1. The summed E-state index contributed by atoms with van der Waals surface area (Å²) in [5.74, 6) is 0.578. The molecule has 1 aromatic heterocycles. The van der Waals surface area contributed by atoms with E-state index in [9.17, 15) is 0 Å². The first-order valence-electron chi connectivity index (χ1n) is 4.71. The highest BCUT2D eigenvalue weighted by Gasteiger charge is 2.05. The summed E-state index contributed by atoms with van der Waals surface area (Å²) >= 11 is 6.80. The number of hydrogen-bond donors (Lipinski definition) is 1. The van der Waals surface area contributed by atoms with Gasteiger partial charge in [0.25, 0.3) is 0 Å². The molecule has 14 heavy (non-hydrogen) atoms. The Labute approximate surface area is 92.8 Å². The molecule has 0 saturated carbocycles. The Balaban J connectivity index is 2.77. The van der Waals surface area contributed by atoms with Crippen molar-refractivity contribution in [3.8, 4) is 0 Å². The van der Waals surface area contributed by atoms with Crippen molar-refractivity contribution in [2.45, 2.75) is 26.7 Å². The number of hydrogen-bond acceptors (Lipinski definition) is 2. The fourth-order valence-corrected chi connectivity index (χ4v) is 2.82. The number of aromatic amines is 1. The van der Waals surface area contributed by atoms with Crippen LogP contribution in [0.15, 0.2) is 12.1 Å². The molecular weight excluding hydrogens is 210 g/mol. The zero-order valence-electron chi connectivity index (χ0n) is 8.55. The highest BCUT2D eigenvalue weighted by Crippen LogP contribution is 2.27. The van der Waals surface area contributed by atoms with Crippen LogP contribution in [0.1, 0.15) is 30.9 Å². The van der Waals surface area contributed by atoms with E-state index >= 15 is 0 Å². The summed E-state index contributed by atoms with van der Waals surface area (Å²) in [6.07, 6.45) is 0. The quantitative estimate of drug-likeness (QED) is 0.709. The number of fused-ring (bicyclic) bond motifs is 1. The number of nitrogens with one attached hydrogen (secondary N) is 1. The Bertz CT molecular complexity index is 520. The Hall–Kier alpha value is -0.670. The normalized spacial score (nSPS) is 11.4. The van der Waals surface area contributed by atoms with Crippen LogP contribution in [0.25, 0.3) is 10.2 Å². The molecule has 0 aliphatic rings. The summed E-state index contributed by atoms with van der Waals surface area (Å²) in [6, 6.07) is 4.48. The highest BCUT2D eigenvalue weighted by atomic mass is 32.1. The fourth-order valence-electron chi connectivity index (χ4n) is 1.58. The lowest BCUT2D eigenvalue weighted by molar-refractivity contribution is 0.867. The second-order valence-electron chi connectivity index (χ2n) is 3.88. The first-order chi connectivity index (χ1) is 6.58. The number of aryl methyl sites for hydroxylation is 1. The van der Waals surface area contributed by atoms with E-state index in [-0.39, 0.29) is 0 Å². The van der Waals surface area contributed by atoms with Gasteiger partial charge in [-0.2, -0.15) is 0 Å². The van der Waals surface area contributed by atoms with Gasteiger partial charge in [-0.3, -0.25) is 0 Å². The van der Waals surface area contributed by atoms with Crippen LogP contribution in [0, 0.1) is 10.9 Å². The molecule has 1 heterocycles. The fraction of sp³-hybridized carbons (Fsp3) is 0.364. The topological polar surface area (TPSA) is 15.8 Å². The SMILES string of the molecule is Cc1cc(C(C)C)cc2sc(=S)[nH]c12. The first kappa shape index (κ1) is 9.87. The second kappa shape index (κ2) is 3.48. The van der Waals surface area contributed by atoms with Gasteiger partial charge in [0.2, 0.25) is 0 Å². The third-order valence-corrected chi connectivity index (χ3v) is 3.60. The number of thiazole rings is 1.